The van der Waals surface area contributed by atoms with Crippen LogP contribution in [0.15, 0.2) is 18.2 Å². The molecular formula is C13H18ClIN2O. The van der Waals surface area contributed by atoms with Crippen LogP contribution in [0.5, 0.6) is 0 Å². The van der Waals surface area contributed by atoms with Gasteiger partial charge in [-0.2, -0.15) is 0 Å². The molecule has 1 aliphatic rings. The van der Waals surface area contributed by atoms with Gasteiger partial charge in [-0.1, -0.05) is 6.07 Å². The van der Waals surface area contributed by atoms with Gasteiger partial charge < -0.3 is 10.6 Å². The fourth-order valence-electron chi connectivity index (χ4n) is 1.99. The summed E-state index contributed by atoms with van der Waals surface area (Å²) in [5.41, 5.74) is 2.14. The van der Waals surface area contributed by atoms with Gasteiger partial charge in [-0.3, -0.25) is 4.79 Å². The first-order valence-corrected chi connectivity index (χ1v) is 7.02. The van der Waals surface area contributed by atoms with Gasteiger partial charge in [-0.05, 0) is 66.6 Å². The highest BCUT2D eigenvalue weighted by Gasteiger charge is 2.20. The molecule has 1 aromatic rings. The summed E-state index contributed by atoms with van der Waals surface area (Å²) in [6.45, 7) is 3.90. The van der Waals surface area contributed by atoms with Crippen molar-refractivity contribution in [2.45, 2.75) is 19.8 Å². The molecule has 1 heterocycles. The number of hydrogen-bond acceptors (Lipinski definition) is 2. The molecule has 0 aromatic heterocycles. The third-order valence-corrected chi connectivity index (χ3v) is 4.27. The first-order valence-electron chi connectivity index (χ1n) is 5.94. The van der Waals surface area contributed by atoms with Crippen LogP contribution in [0, 0.1) is 16.4 Å². The highest BCUT2D eigenvalue weighted by molar-refractivity contribution is 14.1. The lowest BCUT2D eigenvalue weighted by Gasteiger charge is -2.22. The predicted octanol–water partition coefficient (Wildman–Crippen LogP) is 2.96. The summed E-state index contributed by atoms with van der Waals surface area (Å²) in [7, 11) is 0. The van der Waals surface area contributed by atoms with Gasteiger partial charge in [-0.15, -0.1) is 12.4 Å². The zero-order chi connectivity index (χ0) is 12.3. The zero-order valence-electron chi connectivity index (χ0n) is 10.3. The van der Waals surface area contributed by atoms with E-state index >= 15 is 0 Å². The number of anilines is 1. The van der Waals surface area contributed by atoms with Gasteiger partial charge in [0.25, 0.3) is 0 Å². The Kier molecular flexibility index (Phi) is 6.38. The number of rotatable bonds is 2. The van der Waals surface area contributed by atoms with E-state index in [0.717, 1.165) is 31.6 Å². The molecule has 2 N–H and O–H groups in total. The molecule has 1 aliphatic heterocycles. The van der Waals surface area contributed by atoms with Crippen LogP contribution in [0.1, 0.15) is 18.4 Å². The Morgan fingerprint density at radius 2 is 2.28 bits per heavy atom. The van der Waals surface area contributed by atoms with E-state index in [1.165, 1.54) is 9.13 Å². The molecule has 0 bridgehead atoms. The van der Waals surface area contributed by atoms with Crippen LogP contribution in [-0.2, 0) is 4.79 Å². The molecular weight excluding hydrogens is 363 g/mol. The summed E-state index contributed by atoms with van der Waals surface area (Å²) >= 11 is 2.29. The van der Waals surface area contributed by atoms with Crippen molar-refractivity contribution >= 4 is 46.6 Å². The predicted molar refractivity (Wildman–Crippen MR) is 85.4 cm³/mol. The van der Waals surface area contributed by atoms with Crippen LogP contribution in [0.25, 0.3) is 0 Å². The highest BCUT2D eigenvalue weighted by atomic mass is 127. The maximum absolute atomic E-state index is 12.0. The standard InChI is InChI=1S/C13H17IN2O.ClH/c1-9-4-5-11(7-12(9)14)16-13(17)10-3-2-6-15-8-10;/h4-5,7,10,15H,2-3,6,8H2,1H3,(H,16,17);1H/t10-;/m1./s1. The molecule has 1 aromatic carbocycles. The smallest absolute Gasteiger partial charge is 0.228 e. The van der Waals surface area contributed by atoms with Gasteiger partial charge in [0, 0.05) is 15.8 Å². The number of amides is 1. The van der Waals surface area contributed by atoms with Crippen LogP contribution >= 0.6 is 35.0 Å². The van der Waals surface area contributed by atoms with Crippen LogP contribution in [-0.4, -0.2) is 19.0 Å². The monoisotopic (exact) mass is 380 g/mol. The number of aryl methyl sites for hydroxylation is 1. The molecule has 1 fully saturated rings. The second-order valence-corrected chi connectivity index (χ2v) is 5.66. The van der Waals surface area contributed by atoms with Crippen molar-refractivity contribution in [3.63, 3.8) is 0 Å². The Bertz CT molecular complexity index is 419. The van der Waals surface area contributed by atoms with E-state index in [2.05, 4.69) is 40.1 Å². The Morgan fingerprint density at radius 1 is 1.50 bits per heavy atom. The summed E-state index contributed by atoms with van der Waals surface area (Å²) in [4.78, 5) is 12.0. The first kappa shape index (κ1) is 15.7. The molecule has 1 saturated heterocycles. The molecule has 0 saturated carbocycles. The number of piperidine rings is 1. The van der Waals surface area contributed by atoms with Crippen molar-refractivity contribution in [3.8, 4) is 0 Å². The lowest BCUT2D eigenvalue weighted by atomic mass is 9.99. The summed E-state index contributed by atoms with van der Waals surface area (Å²) in [5.74, 6) is 0.250. The molecule has 1 atom stereocenters. The average Bonchev–Trinajstić information content (AvgIpc) is 2.35. The van der Waals surface area contributed by atoms with Crippen molar-refractivity contribution in [1.82, 2.24) is 5.32 Å². The van der Waals surface area contributed by atoms with Crippen molar-refractivity contribution in [2.75, 3.05) is 18.4 Å². The molecule has 0 spiro atoms. The molecule has 2 rings (SSSR count). The second kappa shape index (κ2) is 7.31. The Hall–Kier alpha value is -0.330. The fourth-order valence-corrected chi connectivity index (χ4v) is 2.51. The number of carbonyl (C=O) groups is 1. The minimum atomic E-state index is 0. The first-order chi connectivity index (χ1) is 8.16. The number of nitrogens with one attached hydrogen (secondary N) is 2. The molecule has 0 unspecified atom stereocenters. The van der Waals surface area contributed by atoms with Crippen LogP contribution < -0.4 is 10.6 Å². The maximum atomic E-state index is 12.0. The van der Waals surface area contributed by atoms with Crippen LogP contribution in [0.4, 0.5) is 5.69 Å². The summed E-state index contributed by atoms with van der Waals surface area (Å²) < 4.78 is 1.18. The maximum Gasteiger partial charge on any atom is 0.228 e. The third-order valence-electron chi connectivity index (χ3n) is 3.11. The van der Waals surface area contributed by atoms with Crippen LogP contribution in [0.2, 0.25) is 0 Å². The van der Waals surface area contributed by atoms with E-state index in [4.69, 9.17) is 0 Å². The van der Waals surface area contributed by atoms with E-state index in [0.29, 0.717) is 0 Å². The Morgan fingerprint density at radius 3 is 2.89 bits per heavy atom. The molecule has 100 valence electrons. The third kappa shape index (κ3) is 4.10. The van der Waals surface area contributed by atoms with Gasteiger partial charge in [0.05, 0.1) is 5.92 Å². The molecule has 0 radical (unpaired) electrons. The molecule has 5 heteroatoms. The van der Waals surface area contributed by atoms with E-state index in [9.17, 15) is 4.79 Å². The lowest BCUT2D eigenvalue weighted by molar-refractivity contribution is -0.120. The second-order valence-electron chi connectivity index (χ2n) is 4.50. The van der Waals surface area contributed by atoms with Gasteiger partial charge in [-0.25, -0.2) is 0 Å². The SMILES string of the molecule is Cc1ccc(NC(=O)[C@@H]2CCCNC2)cc1I.Cl. The number of hydrogen-bond donors (Lipinski definition) is 2. The largest absolute Gasteiger partial charge is 0.326 e. The van der Waals surface area contributed by atoms with E-state index in [-0.39, 0.29) is 24.2 Å². The molecule has 3 nitrogen and oxygen atoms in total. The van der Waals surface area contributed by atoms with E-state index < -0.39 is 0 Å². The Balaban J connectivity index is 0.00000162. The van der Waals surface area contributed by atoms with Crippen molar-refractivity contribution < 1.29 is 4.79 Å². The summed E-state index contributed by atoms with van der Waals surface area (Å²) in [6, 6.07) is 6.02. The number of carbonyl (C=O) groups excluding carboxylic acids is 1. The van der Waals surface area contributed by atoms with E-state index in [1.54, 1.807) is 0 Å². The quantitative estimate of drug-likeness (QED) is 0.775. The van der Waals surface area contributed by atoms with Gasteiger partial charge >= 0.3 is 0 Å². The van der Waals surface area contributed by atoms with Gasteiger partial charge in [0.15, 0.2) is 0 Å². The minimum absolute atomic E-state index is 0. The van der Waals surface area contributed by atoms with Gasteiger partial charge in [0.2, 0.25) is 5.91 Å². The number of halogens is 2. The summed E-state index contributed by atoms with van der Waals surface area (Å²) in [5, 5.41) is 6.26. The number of benzene rings is 1. The topological polar surface area (TPSA) is 41.1 Å². The van der Waals surface area contributed by atoms with Crippen molar-refractivity contribution in [3.05, 3.63) is 27.3 Å². The minimum Gasteiger partial charge on any atom is -0.326 e. The Labute approximate surface area is 128 Å². The zero-order valence-corrected chi connectivity index (χ0v) is 13.3. The lowest BCUT2D eigenvalue weighted by Crippen LogP contribution is -2.37. The van der Waals surface area contributed by atoms with E-state index in [1.807, 2.05) is 18.2 Å². The van der Waals surface area contributed by atoms with Gasteiger partial charge in [0.1, 0.15) is 0 Å². The molecule has 0 aliphatic carbocycles. The summed E-state index contributed by atoms with van der Waals surface area (Å²) in [6.07, 6.45) is 2.07. The normalized spacial score (nSPS) is 18.9. The van der Waals surface area contributed by atoms with Crippen LogP contribution in [0.3, 0.4) is 0 Å². The molecule has 1 amide bonds. The highest BCUT2D eigenvalue weighted by Crippen LogP contribution is 2.19. The molecule has 18 heavy (non-hydrogen) atoms. The van der Waals surface area contributed by atoms with Crippen molar-refractivity contribution in [2.24, 2.45) is 5.92 Å². The average molecular weight is 381 g/mol. The fraction of sp³-hybridized carbons (Fsp3) is 0.462. The van der Waals surface area contributed by atoms with Crippen molar-refractivity contribution in [1.29, 1.82) is 0 Å².